The van der Waals surface area contributed by atoms with Crippen LogP contribution in [0.3, 0.4) is 0 Å². The molecule has 1 aromatic carbocycles. The van der Waals surface area contributed by atoms with E-state index in [0.717, 1.165) is 25.2 Å². The van der Waals surface area contributed by atoms with E-state index in [0.29, 0.717) is 5.92 Å². The Labute approximate surface area is 101 Å². The number of hydrogen-bond acceptors (Lipinski definition) is 3. The summed E-state index contributed by atoms with van der Waals surface area (Å²) >= 11 is 0. The number of carbonyl (C=O) groups excluding carboxylic acids is 1. The maximum atomic E-state index is 10.5. The molecule has 0 N–H and O–H groups in total. The van der Waals surface area contributed by atoms with E-state index < -0.39 is 5.97 Å². The molecule has 4 heteroatoms. The molecule has 0 amide bonds. The summed E-state index contributed by atoms with van der Waals surface area (Å²) in [7, 11) is 0. The Kier molecular flexibility index (Phi) is 4.40. The summed E-state index contributed by atoms with van der Waals surface area (Å²) in [6.45, 7) is 1.64. The third-order valence-electron chi connectivity index (χ3n) is 2.42. The molecule has 1 saturated heterocycles. The first kappa shape index (κ1) is 12.3. The van der Waals surface area contributed by atoms with Crippen molar-refractivity contribution >= 4 is 5.97 Å². The van der Waals surface area contributed by atoms with Gasteiger partial charge in [-0.3, -0.25) is 0 Å². The van der Waals surface area contributed by atoms with Crippen LogP contribution in [0.5, 0.6) is 0 Å². The third-order valence-corrected chi connectivity index (χ3v) is 2.42. The molecule has 1 aliphatic rings. The van der Waals surface area contributed by atoms with Crippen LogP contribution in [-0.4, -0.2) is 19.2 Å². The number of rotatable bonds is 3. The molecule has 0 saturated carbocycles. The molecule has 1 aromatic rings. The van der Waals surface area contributed by atoms with Crippen molar-refractivity contribution in [1.82, 2.24) is 0 Å². The first-order valence-electron chi connectivity index (χ1n) is 4.64. The van der Waals surface area contributed by atoms with E-state index in [1.54, 1.807) is 12.1 Å². The molecule has 3 nitrogen and oxygen atoms in total. The number of carbonyl (C=O) groups is 1. The van der Waals surface area contributed by atoms with Gasteiger partial charge in [0.2, 0.25) is 0 Å². The van der Waals surface area contributed by atoms with Crippen LogP contribution in [0.15, 0.2) is 24.3 Å². The predicted octanol–water partition coefficient (Wildman–Crippen LogP) is -2.76. The summed E-state index contributed by atoms with van der Waals surface area (Å²) in [5, 5.41) is 10.5. The minimum atomic E-state index is -1.12. The van der Waals surface area contributed by atoms with Crippen LogP contribution >= 0.6 is 0 Å². The van der Waals surface area contributed by atoms with Gasteiger partial charge in [-0.1, -0.05) is 24.3 Å². The Hall–Kier alpha value is -0.753. The zero-order chi connectivity index (χ0) is 9.97. The van der Waals surface area contributed by atoms with Gasteiger partial charge in [0.25, 0.3) is 0 Å². The number of carboxylic acid groups (broad SMARTS) is 1. The normalized spacial score (nSPS) is 15.2. The van der Waals surface area contributed by atoms with Gasteiger partial charge in [-0.2, -0.15) is 0 Å². The van der Waals surface area contributed by atoms with Crippen molar-refractivity contribution in [3.05, 3.63) is 35.4 Å². The van der Waals surface area contributed by atoms with Crippen LogP contribution < -0.4 is 24.0 Å². The molecule has 2 rings (SSSR count). The fraction of sp³-hybridized carbons (Fsp3) is 0.364. The summed E-state index contributed by atoms with van der Waals surface area (Å²) in [5.41, 5.74) is 1.39. The maximum absolute atomic E-state index is 10.5. The zero-order valence-corrected chi connectivity index (χ0v) is 8.73. The molecule has 15 heavy (non-hydrogen) atoms. The SMILES string of the molecule is O=C([O-])c1ccc(CC2COC2)cc1.[Li+]. The molecule has 1 heterocycles. The summed E-state index contributed by atoms with van der Waals surface area (Å²) in [6.07, 6.45) is 0.966. The molecule has 0 radical (unpaired) electrons. The Morgan fingerprint density at radius 2 is 1.93 bits per heavy atom. The zero-order valence-electron chi connectivity index (χ0n) is 8.73. The van der Waals surface area contributed by atoms with Gasteiger partial charge in [0.15, 0.2) is 0 Å². The maximum Gasteiger partial charge on any atom is 1.00 e. The van der Waals surface area contributed by atoms with Crippen molar-refractivity contribution in [2.45, 2.75) is 6.42 Å². The monoisotopic (exact) mass is 198 g/mol. The van der Waals surface area contributed by atoms with Crippen molar-refractivity contribution in [3.63, 3.8) is 0 Å². The summed E-state index contributed by atoms with van der Waals surface area (Å²) in [6, 6.07) is 6.85. The fourth-order valence-corrected chi connectivity index (χ4v) is 1.51. The van der Waals surface area contributed by atoms with Gasteiger partial charge in [-0.25, -0.2) is 0 Å². The number of ether oxygens (including phenoxy) is 1. The average Bonchev–Trinajstić information content (AvgIpc) is 2.12. The molecular formula is C11H11LiO3. The van der Waals surface area contributed by atoms with E-state index in [1.165, 1.54) is 0 Å². The van der Waals surface area contributed by atoms with Crippen molar-refractivity contribution < 1.29 is 33.5 Å². The van der Waals surface area contributed by atoms with Crippen LogP contribution in [0.25, 0.3) is 0 Å². The molecule has 0 spiro atoms. The molecule has 74 valence electrons. The number of carboxylic acids is 1. The Bertz CT molecular complexity index is 330. The Morgan fingerprint density at radius 3 is 2.33 bits per heavy atom. The third kappa shape index (κ3) is 3.10. The number of hydrogen-bond donors (Lipinski definition) is 0. The van der Waals surface area contributed by atoms with Crippen molar-refractivity contribution in [1.29, 1.82) is 0 Å². The smallest absolute Gasteiger partial charge is 0.545 e. The fourth-order valence-electron chi connectivity index (χ4n) is 1.51. The standard InChI is InChI=1S/C11H12O3.Li/c12-11(13)10-3-1-8(2-4-10)5-9-6-14-7-9;/h1-4,9H,5-7H2,(H,12,13);/q;+1/p-1. The van der Waals surface area contributed by atoms with E-state index in [9.17, 15) is 9.90 Å². The first-order chi connectivity index (χ1) is 6.75. The minimum absolute atomic E-state index is 0. The topological polar surface area (TPSA) is 49.4 Å². The molecule has 0 aromatic heterocycles. The van der Waals surface area contributed by atoms with Gasteiger partial charge < -0.3 is 14.6 Å². The van der Waals surface area contributed by atoms with Gasteiger partial charge >= 0.3 is 18.9 Å². The summed E-state index contributed by atoms with van der Waals surface area (Å²) in [4.78, 5) is 10.5. The number of aromatic carboxylic acids is 1. The second-order valence-corrected chi connectivity index (χ2v) is 3.59. The van der Waals surface area contributed by atoms with Crippen LogP contribution in [0.2, 0.25) is 0 Å². The van der Waals surface area contributed by atoms with E-state index >= 15 is 0 Å². The summed E-state index contributed by atoms with van der Waals surface area (Å²) in [5.74, 6) is -0.521. The average molecular weight is 198 g/mol. The predicted molar refractivity (Wildman–Crippen MR) is 48.8 cm³/mol. The second kappa shape index (κ2) is 5.36. The second-order valence-electron chi connectivity index (χ2n) is 3.59. The molecule has 0 atom stereocenters. The van der Waals surface area contributed by atoms with Gasteiger partial charge in [-0.15, -0.1) is 0 Å². The largest absolute Gasteiger partial charge is 1.00 e. The number of benzene rings is 1. The van der Waals surface area contributed by atoms with Crippen molar-refractivity contribution in [2.75, 3.05) is 13.2 Å². The molecule has 1 fully saturated rings. The van der Waals surface area contributed by atoms with Gasteiger partial charge in [0.1, 0.15) is 0 Å². The van der Waals surface area contributed by atoms with E-state index in [2.05, 4.69) is 0 Å². The van der Waals surface area contributed by atoms with E-state index in [4.69, 9.17) is 4.74 Å². The van der Waals surface area contributed by atoms with Crippen molar-refractivity contribution in [3.8, 4) is 0 Å². The van der Waals surface area contributed by atoms with Crippen LogP contribution in [0.4, 0.5) is 0 Å². The molecule has 1 aliphatic heterocycles. The minimum Gasteiger partial charge on any atom is -0.545 e. The van der Waals surface area contributed by atoms with Gasteiger partial charge in [-0.05, 0) is 17.5 Å². The molecule has 0 bridgehead atoms. The summed E-state index contributed by atoms with van der Waals surface area (Å²) < 4.78 is 5.06. The Balaban J connectivity index is 0.00000112. The Morgan fingerprint density at radius 1 is 1.33 bits per heavy atom. The van der Waals surface area contributed by atoms with E-state index in [1.807, 2.05) is 12.1 Å². The van der Waals surface area contributed by atoms with E-state index in [-0.39, 0.29) is 24.4 Å². The molecular weight excluding hydrogens is 187 g/mol. The van der Waals surface area contributed by atoms with Crippen LogP contribution in [0, 0.1) is 5.92 Å². The van der Waals surface area contributed by atoms with Gasteiger partial charge in [0.05, 0.1) is 19.2 Å². The molecule has 0 unspecified atom stereocenters. The van der Waals surface area contributed by atoms with Crippen LogP contribution in [0.1, 0.15) is 15.9 Å². The van der Waals surface area contributed by atoms with Crippen LogP contribution in [-0.2, 0) is 11.2 Å². The quantitative estimate of drug-likeness (QED) is 0.494. The van der Waals surface area contributed by atoms with Gasteiger partial charge in [0, 0.05) is 5.92 Å². The first-order valence-corrected chi connectivity index (χ1v) is 4.64. The molecule has 0 aliphatic carbocycles. The van der Waals surface area contributed by atoms with Crippen molar-refractivity contribution in [2.24, 2.45) is 5.92 Å².